The van der Waals surface area contributed by atoms with Gasteiger partial charge in [-0.2, -0.15) is 0 Å². The van der Waals surface area contributed by atoms with Crippen LogP contribution in [0.4, 0.5) is 0 Å². The van der Waals surface area contributed by atoms with E-state index in [0.29, 0.717) is 0 Å². The summed E-state index contributed by atoms with van der Waals surface area (Å²) in [6.45, 7) is 5.91. The van der Waals surface area contributed by atoms with E-state index in [-0.39, 0.29) is 0 Å². The molecule has 2 aromatic rings. The van der Waals surface area contributed by atoms with Crippen LogP contribution in [0.1, 0.15) is 38.8 Å². The van der Waals surface area contributed by atoms with Crippen molar-refractivity contribution in [2.24, 2.45) is 23.7 Å². The van der Waals surface area contributed by atoms with Gasteiger partial charge in [0.2, 0.25) is 0 Å². The molecule has 2 heterocycles. The molecule has 3 nitrogen and oxygen atoms in total. The Hall–Kier alpha value is -0.870. The van der Waals surface area contributed by atoms with Crippen molar-refractivity contribution < 1.29 is 0 Å². The summed E-state index contributed by atoms with van der Waals surface area (Å²) in [5, 5.41) is 5.50. The van der Waals surface area contributed by atoms with Crippen molar-refractivity contribution >= 4 is 16.3 Å². The van der Waals surface area contributed by atoms with Gasteiger partial charge in [-0.25, -0.2) is 4.98 Å². The van der Waals surface area contributed by atoms with E-state index in [9.17, 15) is 0 Å². The molecule has 21 heavy (non-hydrogen) atoms. The summed E-state index contributed by atoms with van der Waals surface area (Å²) < 4.78 is 2.16. The van der Waals surface area contributed by atoms with Crippen LogP contribution >= 0.6 is 11.3 Å². The maximum Gasteiger partial charge on any atom is 0.193 e. The number of rotatable bonds is 5. The number of imidazole rings is 1. The molecule has 0 saturated heterocycles. The van der Waals surface area contributed by atoms with Crippen LogP contribution in [0.3, 0.4) is 0 Å². The molecule has 1 saturated carbocycles. The maximum absolute atomic E-state index is 4.79. The minimum atomic E-state index is 0.781. The van der Waals surface area contributed by atoms with Gasteiger partial charge in [0, 0.05) is 17.8 Å². The molecule has 0 radical (unpaired) electrons. The summed E-state index contributed by atoms with van der Waals surface area (Å²) in [7, 11) is 2.08. The quantitative estimate of drug-likeness (QED) is 0.909. The van der Waals surface area contributed by atoms with Crippen molar-refractivity contribution in [2.75, 3.05) is 13.6 Å². The van der Waals surface area contributed by atoms with Gasteiger partial charge in [0.1, 0.15) is 0 Å². The molecule has 0 bridgehead atoms. The van der Waals surface area contributed by atoms with E-state index >= 15 is 0 Å². The van der Waals surface area contributed by atoms with Gasteiger partial charge < -0.3 is 5.32 Å². The normalized spacial score (nSPS) is 26.8. The first kappa shape index (κ1) is 15.0. The highest BCUT2D eigenvalue weighted by atomic mass is 32.1. The standard InChI is InChI=1S/C17H27N3S/c1-12(2)13-4-5-14(10-18-3)15(8-13)9-16-11-20-6-7-21-17(20)19-16/h6-7,11-15,18H,4-5,8-10H2,1-3H3. The number of nitrogens with one attached hydrogen (secondary N) is 1. The van der Waals surface area contributed by atoms with E-state index in [4.69, 9.17) is 4.98 Å². The van der Waals surface area contributed by atoms with Crippen LogP contribution in [0.25, 0.3) is 4.96 Å². The number of hydrogen-bond donors (Lipinski definition) is 1. The first-order valence-corrected chi connectivity index (χ1v) is 9.11. The van der Waals surface area contributed by atoms with E-state index in [0.717, 1.165) is 41.6 Å². The summed E-state index contributed by atoms with van der Waals surface area (Å²) in [6, 6.07) is 0. The monoisotopic (exact) mass is 305 g/mol. The molecule has 1 aliphatic rings. The molecule has 3 atom stereocenters. The summed E-state index contributed by atoms with van der Waals surface area (Å²) in [5.74, 6) is 3.30. The molecule has 0 aliphatic heterocycles. The second kappa shape index (κ2) is 6.49. The van der Waals surface area contributed by atoms with Crippen LogP contribution in [0, 0.1) is 23.7 Å². The average Bonchev–Trinajstić information content (AvgIpc) is 3.01. The summed E-state index contributed by atoms with van der Waals surface area (Å²) in [6.07, 6.45) is 9.62. The molecule has 0 aromatic carbocycles. The Morgan fingerprint density at radius 3 is 2.95 bits per heavy atom. The van der Waals surface area contributed by atoms with Crippen molar-refractivity contribution in [3.63, 3.8) is 0 Å². The Kier molecular flexibility index (Phi) is 4.65. The molecule has 1 fully saturated rings. The lowest BCUT2D eigenvalue weighted by molar-refractivity contribution is 0.145. The molecule has 116 valence electrons. The second-order valence-electron chi connectivity index (χ2n) is 6.92. The fraction of sp³-hybridized carbons (Fsp3) is 0.706. The molecule has 2 aromatic heterocycles. The van der Waals surface area contributed by atoms with Crippen LogP contribution in [0.5, 0.6) is 0 Å². The largest absolute Gasteiger partial charge is 0.319 e. The third-order valence-corrected chi connectivity index (χ3v) is 5.97. The van der Waals surface area contributed by atoms with Crippen LogP contribution in [0.2, 0.25) is 0 Å². The fourth-order valence-corrected chi connectivity index (χ4v) is 4.61. The number of hydrogen-bond acceptors (Lipinski definition) is 3. The number of thiazole rings is 1. The Labute approximate surface area is 131 Å². The smallest absolute Gasteiger partial charge is 0.193 e. The Bertz CT molecular complexity index is 543. The van der Waals surface area contributed by atoms with E-state index < -0.39 is 0 Å². The SMILES string of the molecule is CNCC1CCC(C(C)C)CC1Cc1cn2ccsc2n1. The first-order chi connectivity index (χ1) is 10.2. The van der Waals surface area contributed by atoms with E-state index in [1.165, 1.54) is 25.0 Å². The van der Waals surface area contributed by atoms with Gasteiger partial charge >= 0.3 is 0 Å². The van der Waals surface area contributed by atoms with Crippen molar-refractivity contribution in [1.29, 1.82) is 0 Å². The summed E-state index contributed by atoms with van der Waals surface area (Å²) in [5.41, 5.74) is 1.28. The topological polar surface area (TPSA) is 29.3 Å². The first-order valence-electron chi connectivity index (χ1n) is 8.23. The zero-order chi connectivity index (χ0) is 14.8. The second-order valence-corrected chi connectivity index (χ2v) is 7.80. The highest BCUT2D eigenvalue weighted by Gasteiger charge is 2.31. The van der Waals surface area contributed by atoms with Crippen molar-refractivity contribution in [2.45, 2.75) is 39.5 Å². The van der Waals surface area contributed by atoms with Gasteiger partial charge in [-0.05, 0) is 62.9 Å². The van der Waals surface area contributed by atoms with Gasteiger partial charge in [0.05, 0.1) is 5.69 Å². The lowest BCUT2D eigenvalue weighted by atomic mass is 9.69. The molecular weight excluding hydrogens is 278 g/mol. The maximum atomic E-state index is 4.79. The fourth-order valence-electron chi connectivity index (χ4n) is 3.89. The third kappa shape index (κ3) is 3.32. The predicted octanol–water partition coefficient (Wildman–Crippen LogP) is 3.85. The molecule has 4 heteroatoms. The van der Waals surface area contributed by atoms with Crippen LogP contribution in [-0.4, -0.2) is 23.0 Å². The van der Waals surface area contributed by atoms with Gasteiger partial charge in [-0.3, -0.25) is 4.40 Å². The number of fused-ring (bicyclic) bond motifs is 1. The Morgan fingerprint density at radius 1 is 1.38 bits per heavy atom. The summed E-state index contributed by atoms with van der Waals surface area (Å²) in [4.78, 5) is 5.92. The van der Waals surface area contributed by atoms with E-state index in [2.05, 4.69) is 48.4 Å². The van der Waals surface area contributed by atoms with Crippen LogP contribution in [-0.2, 0) is 6.42 Å². The molecule has 0 amide bonds. The van der Waals surface area contributed by atoms with Gasteiger partial charge in [-0.15, -0.1) is 11.3 Å². The average molecular weight is 305 g/mol. The molecule has 1 N–H and O–H groups in total. The lowest BCUT2D eigenvalue weighted by Crippen LogP contribution is -2.34. The van der Waals surface area contributed by atoms with Gasteiger partial charge in [0.15, 0.2) is 4.96 Å². The molecule has 3 unspecified atom stereocenters. The van der Waals surface area contributed by atoms with Crippen molar-refractivity contribution in [3.8, 4) is 0 Å². The minimum Gasteiger partial charge on any atom is -0.319 e. The molecule has 1 aliphatic carbocycles. The highest BCUT2D eigenvalue weighted by molar-refractivity contribution is 7.15. The number of aromatic nitrogens is 2. The number of nitrogens with zero attached hydrogens (tertiary/aromatic N) is 2. The molecule has 0 spiro atoms. The van der Waals surface area contributed by atoms with Crippen molar-refractivity contribution in [1.82, 2.24) is 14.7 Å². The highest BCUT2D eigenvalue weighted by Crippen LogP contribution is 2.38. The molecule has 3 rings (SSSR count). The minimum absolute atomic E-state index is 0.781. The van der Waals surface area contributed by atoms with Crippen LogP contribution < -0.4 is 5.32 Å². The Morgan fingerprint density at radius 2 is 2.24 bits per heavy atom. The van der Waals surface area contributed by atoms with Gasteiger partial charge in [0.25, 0.3) is 0 Å². The summed E-state index contributed by atoms with van der Waals surface area (Å²) >= 11 is 1.73. The lowest BCUT2D eigenvalue weighted by Gasteiger charge is -2.37. The van der Waals surface area contributed by atoms with E-state index in [1.54, 1.807) is 11.3 Å². The van der Waals surface area contributed by atoms with Crippen molar-refractivity contribution in [3.05, 3.63) is 23.5 Å². The zero-order valence-corrected chi connectivity index (χ0v) is 14.2. The van der Waals surface area contributed by atoms with Crippen LogP contribution in [0.15, 0.2) is 17.8 Å². The Balaban J connectivity index is 1.73. The third-order valence-electron chi connectivity index (χ3n) is 5.20. The molecular formula is C17H27N3S. The van der Waals surface area contributed by atoms with Gasteiger partial charge in [-0.1, -0.05) is 13.8 Å². The predicted molar refractivity (Wildman–Crippen MR) is 89.9 cm³/mol. The zero-order valence-electron chi connectivity index (χ0n) is 13.4. The van der Waals surface area contributed by atoms with E-state index in [1.807, 2.05) is 0 Å².